The third-order valence-corrected chi connectivity index (χ3v) is 3.33. The zero-order chi connectivity index (χ0) is 12.5. The van der Waals surface area contributed by atoms with Gasteiger partial charge in [-0.1, -0.05) is 0 Å². The Morgan fingerprint density at radius 3 is 2.83 bits per heavy atom. The molecule has 0 radical (unpaired) electrons. The molecule has 0 bridgehead atoms. The average molecular weight is 260 g/mol. The first-order valence-corrected chi connectivity index (χ1v) is 6.48. The van der Waals surface area contributed by atoms with E-state index in [1.807, 2.05) is 31.4 Å². The maximum atomic E-state index is 5.48. The largest absolute Gasteiger partial charge is 0.458 e. The van der Waals surface area contributed by atoms with E-state index < -0.39 is 0 Å². The Balaban J connectivity index is 1.81. The molecule has 6 heteroatoms. The number of aromatic amines is 1. The Labute approximate surface area is 108 Å². The molecule has 3 aromatic heterocycles. The Bertz CT molecular complexity index is 667. The highest BCUT2D eigenvalue weighted by atomic mass is 32.1. The Morgan fingerprint density at radius 2 is 2.17 bits per heavy atom. The molecule has 3 heterocycles. The Kier molecular flexibility index (Phi) is 2.71. The lowest BCUT2D eigenvalue weighted by atomic mass is 10.3. The smallest absolute Gasteiger partial charge is 0.216 e. The van der Waals surface area contributed by atoms with Gasteiger partial charge in [-0.15, -0.1) is 11.3 Å². The van der Waals surface area contributed by atoms with Crippen molar-refractivity contribution in [1.82, 2.24) is 20.2 Å². The molecule has 92 valence electrons. The standard InChI is InChI=1S/C12H12N4OS/c1-7-3-4-10(17-7)12-14-11(15-16-12)5-9-6-18-8(2)13-9/h3-4,6H,5H2,1-2H3,(H,14,15,16). The average Bonchev–Trinajstić information content (AvgIpc) is 3.01. The summed E-state index contributed by atoms with van der Waals surface area (Å²) < 4.78 is 5.48. The molecule has 0 aliphatic carbocycles. The van der Waals surface area contributed by atoms with Gasteiger partial charge in [0.1, 0.15) is 11.6 Å². The van der Waals surface area contributed by atoms with Gasteiger partial charge in [0.15, 0.2) is 5.76 Å². The molecule has 0 atom stereocenters. The number of aromatic nitrogens is 4. The first-order valence-electron chi connectivity index (χ1n) is 5.60. The van der Waals surface area contributed by atoms with Crippen LogP contribution in [0.3, 0.4) is 0 Å². The van der Waals surface area contributed by atoms with Crippen LogP contribution in [0.1, 0.15) is 22.3 Å². The fourth-order valence-corrected chi connectivity index (χ4v) is 2.31. The number of thiazole rings is 1. The first-order chi connectivity index (χ1) is 8.70. The molecule has 0 spiro atoms. The summed E-state index contributed by atoms with van der Waals surface area (Å²) in [5, 5.41) is 10.2. The minimum absolute atomic E-state index is 0.588. The van der Waals surface area contributed by atoms with E-state index in [1.54, 1.807) is 11.3 Å². The maximum Gasteiger partial charge on any atom is 0.216 e. The Morgan fingerprint density at radius 1 is 1.28 bits per heavy atom. The second-order valence-corrected chi connectivity index (χ2v) is 5.11. The third kappa shape index (κ3) is 2.19. The number of hydrogen-bond acceptors (Lipinski definition) is 5. The third-order valence-electron chi connectivity index (χ3n) is 2.51. The van der Waals surface area contributed by atoms with Gasteiger partial charge in [0, 0.05) is 5.38 Å². The Hall–Kier alpha value is -1.95. The second-order valence-electron chi connectivity index (χ2n) is 4.05. The van der Waals surface area contributed by atoms with Crippen LogP contribution in [0.25, 0.3) is 11.6 Å². The number of rotatable bonds is 3. The first kappa shape index (κ1) is 11.2. The molecule has 0 unspecified atom stereocenters. The molecule has 3 rings (SSSR count). The fraction of sp³-hybridized carbons (Fsp3) is 0.250. The van der Waals surface area contributed by atoms with Crippen molar-refractivity contribution in [2.45, 2.75) is 20.3 Å². The van der Waals surface area contributed by atoms with E-state index in [0.29, 0.717) is 18.0 Å². The minimum atomic E-state index is 0.588. The van der Waals surface area contributed by atoms with Crippen molar-refractivity contribution in [1.29, 1.82) is 0 Å². The quantitative estimate of drug-likeness (QED) is 0.786. The van der Waals surface area contributed by atoms with Crippen molar-refractivity contribution < 1.29 is 4.42 Å². The molecule has 0 amide bonds. The van der Waals surface area contributed by atoms with Gasteiger partial charge in [0.25, 0.3) is 0 Å². The van der Waals surface area contributed by atoms with Crippen LogP contribution >= 0.6 is 11.3 Å². The van der Waals surface area contributed by atoms with Gasteiger partial charge >= 0.3 is 0 Å². The summed E-state index contributed by atoms with van der Waals surface area (Å²) in [7, 11) is 0. The number of aryl methyl sites for hydroxylation is 2. The minimum Gasteiger partial charge on any atom is -0.458 e. The van der Waals surface area contributed by atoms with E-state index in [1.165, 1.54) is 0 Å². The zero-order valence-electron chi connectivity index (χ0n) is 10.1. The summed E-state index contributed by atoms with van der Waals surface area (Å²) in [5.74, 6) is 2.92. The van der Waals surface area contributed by atoms with Gasteiger partial charge in [-0.25, -0.2) is 9.97 Å². The molecule has 0 fully saturated rings. The van der Waals surface area contributed by atoms with Crippen molar-refractivity contribution >= 4 is 11.3 Å². The second kappa shape index (κ2) is 4.38. The predicted molar refractivity (Wildman–Crippen MR) is 68.5 cm³/mol. The van der Waals surface area contributed by atoms with Crippen LogP contribution in [-0.2, 0) is 6.42 Å². The summed E-state index contributed by atoms with van der Waals surface area (Å²) in [6.45, 7) is 3.89. The molecular weight excluding hydrogens is 248 g/mol. The molecule has 0 saturated carbocycles. The van der Waals surface area contributed by atoms with Gasteiger partial charge in [0.05, 0.1) is 17.1 Å². The number of nitrogens with zero attached hydrogens (tertiary/aromatic N) is 3. The van der Waals surface area contributed by atoms with Crippen molar-refractivity contribution in [3.05, 3.63) is 39.8 Å². The predicted octanol–water partition coefficient (Wildman–Crippen LogP) is 2.73. The number of hydrogen-bond donors (Lipinski definition) is 1. The number of H-pyrrole nitrogens is 1. The van der Waals surface area contributed by atoms with Crippen LogP contribution in [-0.4, -0.2) is 20.2 Å². The van der Waals surface area contributed by atoms with E-state index in [4.69, 9.17) is 4.42 Å². The van der Waals surface area contributed by atoms with Gasteiger partial charge in [-0.05, 0) is 26.0 Å². The molecule has 5 nitrogen and oxygen atoms in total. The van der Waals surface area contributed by atoms with E-state index in [2.05, 4.69) is 20.2 Å². The molecule has 0 aliphatic rings. The monoisotopic (exact) mass is 260 g/mol. The number of nitrogens with one attached hydrogen (secondary N) is 1. The summed E-state index contributed by atoms with van der Waals surface area (Å²) in [5.41, 5.74) is 1.01. The molecule has 3 aromatic rings. The molecule has 0 saturated heterocycles. The summed E-state index contributed by atoms with van der Waals surface area (Å²) in [6, 6.07) is 3.77. The van der Waals surface area contributed by atoms with E-state index >= 15 is 0 Å². The van der Waals surface area contributed by atoms with Crippen LogP contribution in [0.5, 0.6) is 0 Å². The fourth-order valence-electron chi connectivity index (χ4n) is 1.70. The maximum absolute atomic E-state index is 5.48. The lowest BCUT2D eigenvalue weighted by Crippen LogP contribution is -1.91. The van der Waals surface area contributed by atoms with Crippen molar-refractivity contribution in [2.75, 3.05) is 0 Å². The molecule has 0 aromatic carbocycles. The molecule has 18 heavy (non-hydrogen) atoms. The van der Waals surface area contributed by atoms with Crippen LogP contribution in [0, 0.1) is 13.8 Å². The van der Waals surface area contributed by atoms with Crippen LogP contribution in [0.2, 0.25) is 0 Å². The van der Waals surface area contributed by atoms with Gasteiger partial charge in [-0.2, -0.15) is 5.10 Å². The van der Waals surface area contributed by atoms with Crippen LogP contribution < -0.4 is 0 Å². The van der Waals surface area contributed by atoms with E-state index in [-0.39, 0.29) is 0 Å². The molecular formula is C12H12N4OS. The highest BCUT2D eigenvalue weighted by Crippen LogP contribution is 2.18. The topological polar surface area (TPSA) is 67.6 Å². The van der Waals surface area contributed by atoms with Crippen molar-refractivity contribution in [3.63, 3.8) is 0 Å². The SMILES string of the molecule is Cc1ccc(-c2n[nH]c(Cc3csc(C)n3)n2)o1. The zero-order valence-corrected chi connectivity index (χ0v) is 10.9. The van der Waals surface area contributed by atoms with Crippen LogP contribution in [0.4, 0.5) is 0 Å². The van der Waals surface area contributed by atoms with E-state index in [9.17, 15) is 0 Å². The van der Waals surface area contributed by atoms with Gasteiger partial charge in [-0.3, -0.25) is 5.10 Å². The summed E-state index contributed by atoms with van der Waals surface area (Å²) in [6.07, 6.45) is 0.664. The normalized spacial score (nSPS) is 11.0. The van der Waals surface area contributed by atoms with Crippen LogP contribution in [0.15, 0.2) is 21.9 Å². The lowest BCUT2D eigenvalue weighted by Gasteiger charge is -1.89. The molecule has 1 N–H and O–H groups in total. The van der Waals surface area contributed by atoms with E-state index in [0.717, 1.165) is 22.3 Å². The highest BCUT2D eigenvalue weighted by molar-refractivity contribution is 7.09. The van der Waals surface area contributed by atoms with Gasteiger partial charge < -0.3 is 4.42 Å². The highest BCUT2D eigenvalue weighted by Gasteiger charge is 2.10. The molecule has 0 aliphatic heterocycles. The van der Waals surface area contributed by atoms with Gasteiger partial charge in [0.2, 0.25) is 5.82 Å². The van der Waals surface area contributed by atoms with Crippen molar-refractivity contribution in [2.24, 2.45) is 0 Å². The summed E-state index contributed by atoms with van der Waals surface area (Å²) in [4.78, 5) is 8.80. The summed E-state index contributed by atoms with van der Waals surface area (Å²) >= 11 is 1.64. The lowest BCUT2D eigenvalue weighted by molar-refractivity contribution is 0.544. The number of furan rings is 1. The van der Waals surface area contributed by atoms with Crippen molar-refractivity contribution in [3.8, 4) is 11.6 Å².